The second-order valence-electron chi connectivity index (χ2n) is 8.35. The van der Waals surface area contributed by atoms with Crippen molar-refractivity contribution in [2.45, 2.75) is 46.2 Å². The van der Waals surface area contributed by atoms with Crippen LogP contribution in [0.1, 0.15) is 39.2 Å². The molecule has 25 heavy (non-hydrogen) atoms. The number of nitrogens with zero attached hydrogens (tertiary/aromatic N) is 2. The van der Waals surface area contributed by atoms with Gasteiger partial charge in [-0.2, -0.15) is 0 Å². The van der Waals surface area contributed by atoms with Crippen LogP contribution in [0.5, 0.6) is 0 Å². The summed E-state index contributed by atoms with van der Waals surface area (Å²) >= 11 is 0. The van der Waals surface area contributed by atoms with Crippen molar-refractivity contribution < 1.29 is 4.79 Å². The van der Waals surface area contributed by atoms with Crippen molar-refractivity contribution in [2.75, 3.05) is 20.1 Å². The highest BCUT2D eigenvalue weighted by molar-refractivity contribution is 5.83. The van der Waals surface area contributed by atoms with Crippen LogP contribution >= 0.6 is 0 Å². The molecule has 0 aliphatic carbocycles. The predicted molar refractivity (Wildman–Crippen MR) is 104 cm³/mol. The monoisotopic (exact) mass is 338 g/mol. The lowest BCUT2D eigenvalue weighted by Crippen LogP contribution is -2.48. The van der Waals surface area contributed by atoms with Crippen molar-refractivity contribution in [3.63, 3.8) is 0 Å². The number of hydrogen-bond donors (Lipinski definition) is 0. The lowest BCUT2D eigenvalue weighted by Gasteiger charge is -2.39. The Morgan fingerprint density at radius 1 is 1.08 bits per heavy atom. The van der Waals surface area contributed by atoms with Crippen molar-refractivity contribution in [1.82, 2.24) is 9.80 Å². The molecule has 3 heteroatoms. The SMILES string of the molecule is CN(C(=O)C(C)(C)C)C1CCN(Cc2ccc3ccccc3c2)CC1. The van der Waals surface area contributed by atoms with E-state index in [2.05, 4.69) is 47.4 Å². The second-order valence-corrected chi connectivity index (χ2v) is 8.35. The van der Waals surface area contributed by atoms with Crippen molar-refractivity contribution >= 4 is 16.7 Å². The van der Waals surface area contributed by atoms with Gasteiger partial charge in [-0.25, -0.2) is 0 Å². The van der Waals surface area contributed by atoms with Crippen LogP contribution in [-0.4, -0.2) is 41.9 Å². The largest absolute Gasteiger partial charge is 0.342 e. The number of fused-ring (bicyclic) bond motifs is 1. The van der Waals surface area contributed by atoms with Crippen LogP contribution in [0.25, 0.3) is 10.8 Å². The molecule has 134 valence electrons. The molecule has 3 nitrogen and oxygen atoms in total. The van der Waals surface area contributed by atoms with Crippen LogP contribution < -0.4 is 0 Å². The Bertz CT molecular complexity index is 739. The van der Waals surface area contributed by atoms with Gasteiger partial charge in [0.1, 0.15) is 0 Å². The molecular weight excluding hydrogens is 308 g/mol. The molecule has 1 amide bonds. The standard InChI is InChI=1S/C22H30N2O/c1-22(2,3)21(25)23(4)20-11-13-24(14-12-20)16-17-9-10-18-7-5-6-8-19(18)15-17/h5-10,15,20H,11-14,16H2,1-4H3. The van der Waals surface area contributed by atoms with Crippen LogP contribution in [0.4, 0.5) is 0 Å². The minimum absolute atomic E-state index is 0.250. The molecule has 0 N–H and O–H groups in total. The maximum absolute atomic E-state index is 12.5. The van der Waals surface area contributed by atoms with Crippen molar-refractivity contribution in [1.29, 1.82) is 0 Å². The number of rotatable bonds is 3. The van der Waals surface area contributed by atoms with E-state index in [1.54, 1.807) is 0 Å². The van der Waals surface area contributed by atoms with E-state index in [9.17, 15) is 4.79 Å². The molecule has 2 aromatic carbocycles. The zero-order chi connectivity index (χ0) is 18.0. The Morgan fingerprint density at radius 2 is 1.72 bits per heavy atom. The summed E-state index contributed by atoms with van der Waals surface area (Å²) in [5.74, 6) is 0.250. The minimum atomic E-state index is -0.295. The summed E-state index contributed by atoms with van der Waals surface area (Å²) in [6.07, 6.45) is 2.12. The second kappa shape index (κ2) is 7.17. The van der Waals surface area contributed by atoms with E-state index >= 15 is 0 Å². The summed E-state index contributed by atoms with van der Waals surface area (Å²) in [6, 6.07) is 15.7. The number of benzene rings is 2. The van der Waals surface area contributed by atoms with E-state index < -0.39 is 0 Å². The molecule has 0 aromatic heterocycles. The molecule has 1 aliphatic heterocycles. The number of carbonyl (C=O) groups is 1. The lowest BCUT2D eigenvalue weighted by molar-refractivity contribution is -0.141. The molecule has 1 saturated heterocycles. The molecule has 0 atom stereocenters. The zero-order valence-electron chi connectivity index (χ0n) is 16.0. The van der Waals surface area contributed by atoms with Gasteiger partial charge in [0.05, 0.1) is 0 Å². The Hall–Kier alpha value is -1.87. The highest BCUT2D eigenvalue weighted by Gasteiger charge is 2.31. The smallest absolute Gasteiger partial charge is 0.227 e. The van der Waals surface area contributed by atoms with Gasteiger partial charge in [-0.3, -0.25) is 9.69 Å². The maximum Gasteiger partial charge on any atom is 0.227 e. The third-order valence-corrected chi connectivity index (χ3v) is 5.29. The van der Waals surface area contributed by atoms with E-state index in [1.165, 1.54) is 16.3 Å². The maximum atomic E-state index is 12.5. The normalized spacial score (nSPS) is 17.0. The van der Waals surface area contributed by atoms with Gasteiger partial charge in [0.2, 0.25) is 5.91 Å². The molecule has 0 saturated carbocycles. The van der Waals surface area contributed by atoms with Gasteiger partial charge < -0.3 is 4.90 Å². The third kappa shape index (κ3) is 4.21. The van der Waals surface area contributed by atoms with Crippen LogP contribution in [0.3, 0.4) is 0 Å². The van der Waals surface area contributed by atoms with Crippen LogP contribution in [0, 0.1) is 5.41 Å². The fraction of sp³-hybridized carbons (Fsp3) is 0.500. The molecule has 3 rings (SSSR count). The summed E-state index contributed by atoms with van der Waals surface area (Å²) in [5, 5.41) is 2.61. The average molecular weight is 338 g/mol. The molecule has 0 unspecified atom stereocenters. The molecule has 0 bridgehead atoms. The first-order valence-corrected chi connectivity index (χ1v) is 9.32. The van der Waals surface area contributed by atoms with Crippen molar-refractivity contribution in [2.24, 2.45) is 5.41 Å². The fourth-order valence-corrected chi connectivity index (χ4v) is 3.75. The van der Waals surface area contributed by atoms with Crippen LogP contribution in [-0.2, 0) is 11.3 Å². The summed E-state index contributed by atoms with van der Waals surface area (Å²) in [5.41, 5.74) is 1.08. The molecule has 1 fully saturated rings. The third-order valence-electron chi connectivity index (χ3n) is 5.29. The number of likely N-dealkylation sites (tertiary alicyclic amines) is 1. The first-order valence-electron chi connectivity index (χ1n) is 9.32. The Kier molecular flexibility index (Phi) is 5.14. The Labute approximate surface area is 151 Å². The minimum Gasteiger partial charge on any atom is -0.342 e. The van der Waals surface area contributed by atoms with Gasteiger partial charge >= 0.3 is 0 Å². The molecule has 0 spiro atoms. The summed E-state index contributed by atoms with van der Waals surface area (Å²) in [4.78, 5) is 17.0. The number of piperidine rings is 1. The van der Waals surface area contributed by atoms with Crippen LogP contribution in [0.2, 0.25) is 0 Å². The molecule has 1 heterocycles. The average Bonchev–Trinajstić information content (AvgIpc) is 2.60. The number of hydrogen-bond acceptors (Lipinski definition) is 2. The Balaban J connectivity index is 1.57. The highest BCUT2D eigenvalue weighted by atomic mass is 16.2. The van der Waals surface area contributed by atoms with E-state index in [-0.39, 0.29) is 11.3 Å². The van der Waals surface area contributed by atoms with Gasteiger partial charge in [0, 0.05) is 38.1 Å². The molecule has 0 radical (unpaired) electrons. The van der Waals surface area contributed by atoms with Crippen molar-refractivity contribution in [3.8, 4) is 0 Å². The summed E-state index contributed by atoms with van der Waals surface area (Å²) in [6.45, 7) is 9.11. The first-order chi connectivity index (χ1) is 11.8. The van der Waals surface area contributed by atoms with Crippen molar-refractivity contribution in [3.05, 3.63) is 48.0 Å². The molecular formula is C22H30N2O. The quantitative estimate of drug-likeness (QED) is 0.832. The summed E-state index contributed by atoms with van der Waals surface area (Å²) in [7, 11) is 1.97. The zero-order valence-corrected chi connectivity index (χ0v) is 16.0. The Morgan fingerprint density at radius 3 is 2.36 bits per heavy atom. The van der Waals surface area contributed by atoms with Crippen LogP contribution in [0.15, 0.2) is 42.5 Å². The number of amides is 1. The fourth-order valence-electron chi connectivity index (χ4n) is 3.75. The highest BCUT2D eigenvalue weighted by Crippen LogP contribution is 2.24. The van der Waals surface area contributed by atoms with Gasteiger partial charge in [-0.1, -0.05) is 57.2 Å². The molecule has 2 aromatic rings. The van der Waals surface area contributed by atoms with E-state index in [4.69, 9.17) is 0 Å². The van der Waals surface area contributed by atoms with E-state index in [1.807, 2.05) is 32.7 Å². The topological polar surface area (TPSA) is 23.6 Å². The summed E-state index contributed by atoms with van der Waals surface area (Å²) < 4.78 is 0. The van der Waals surface area contributed by atoms with Gasteiger partial charge in [0.25, 0.3) is 0 Å². The number of carbonyl (C=O) groups excluding carboxylic acids is 1. The molecule has 1 aliphatic rings. The van der Waals surface area contributed by atoms with Gasteiger partial charge in [-0.05, 0) is 35.2 Å². The predicted octanol–water partition coefficient (Wildman–Crippen LogP) is 4.31. The van der Waals surface area contributed by atoms with E-state index in [0.29, 0.717) is 6.04 Å². The first kappa shape index (κ1) is 17.9. The van der Waals surface area contributed by atoms with Gasteiger partial charge in [-0.15, -0.1) is 0 Å². The van der Waals surface area contributed by atoms with E-state index in [0.717, 1.165) is 32.5 Å². The lowest BCUT2D eigenvalue weighted by atomic mass is 9.92. The van der Waals surface area contributed by atoms with Gasteiger partial charge in [0.15, 0.2) is 0 Å².